The van der Waals surface area contributed by atoms with Crippen LogP contribution in [0.1, 0.15) is 22.2 Å². The molecule has 0 radical (unpaired) electrons. The highest BCUT2D eigenvalue weighted by molar-refractivity contribution is 7.99. The maximum Gasteiger partial charge on any atom is 0.251 e. The zero-order chi connectivity index (χ0) is 26.1. The Kier molecular flexibility index (Phi) is 9.74. The molecule has 3 aromatic rings. The van der Waals surface area contributed by atoms with Crippen molar-refractivity contribution in [2.45, 2.75) is 17.7 Å². The van der Waals surface area contributed by atoms with Crippen LogP contribution in [0.15, 0.2) is 60.3 Å². The molecule has 2 amide bonds. The quantitative estimate of drug-likeness (QED) is 0.240. The Morgan fingerprint density at radius 3 is 2.58 bits per heavy atom. The summed E-state index contributed by atoms with van der Waals surface area (Å²) in [6, 6.07) is 10.7. The molecule has 0 saturated heterocycles. The Labute approximate surface area is 217 Å². The van der Waals surface area contributed by atoms with Crippen molar-refractivity contribution in [3.05, 3.63) is 71.5 Å². The fourth-order valence-electron chi connectivity index (χ4n) is 3.24. The van der Waals surface area contributed by atoms with Crippen molar-refractivity contribution < 1.29 is 24.2 Å². The van der Waals surface area contributed by atoms with Gasteiger partial charge >= 0.3 is 0 Å². The van der Waals surface area contributed by atoms with E-state index in [0.29, 0.717) is 45.3 Å². The van der Waals surface area contributed by atoms with E-state index in [0.717, 1.165) is 11.8 Å². The Morgan fingerprint density at radius 2 is 1.94 bits per heavy atom. The lowest BCUT2D eigenvalue weighted by Crippen LogP contribution is -2.33. The molecule has 0 aliphatic rings. The summed E-state index contributed by atoms with van der Waals surface area (Å²) in [6.07, 6.45) is 1.63. The maximum atomic E-state index is 12.7. The third-order valence-electron chi connectivity index (χ3n) is 4.98. The van der Waals surface area contributed by atoms with E-state index in [-0.39, 0.29) is 11.7 Å². The van der Waals surface area contributed by atoms with Crippen LogP contribution in [0.3, 0.4) is 0 Å². The van der Waals surface area contributed by atoms with Gasteiger partial charge in [-0.25, -0.2) is 0 Å². The Bertz CT molecular complexity index is 1220. The molecule has 0 spiro atoms. The van der Waals surface area contributed by atoms with Crippen LogP contribution in [0.5, 0.6) is 11.5 Å². The first-order valence-electron chi connectivity index (χ1n) is 10.8. The highest BCUT2D eigenvalue weighted by atomic mass is 35.5. The fraction of sp³-hybridized carbons (Fsp3) is 0.250. The van der Waals surface area contributed by atoms with Gasteiger partial charge in [0.05, 0.1) is 32.3 Å². The summed E-state index contributed by atoms with van der Waals surface area (Å²) < 4.78 is 12.0. The molecule has 3 N–H and O–H groups in total. The maximum absolute atomic E-state index is 12.7. The highest BCUT2D eigenvalue weighted by Gasteiger charge is 2.23. The van der Waals surface area contributed by atoms with Gasteiger partial charge in [-0.3, -0.25) is 9.59 Å². The molecule has 1 heterocycles. The lowest BCUT2D eigenvalue weighted by molar-refractivity contribution is -0.113. The molecule has 0 unspecified atom stereocenters. The summed E-state index contributed by atoms with van der Waals surface area (Å²) in [5, 5.41) is 24.7. The second-order valence-corrected chi connectivity index (χ2v) is 8.74. The lowest BCUT2D eigenvalue weighted by Gasteiger charge is -2.17. The zero-order valence-corrected chi connectivity index (χ0v) is 21.3. The number of anilines is 1. The van der Waals surface area contributed by atoms with Crippen molar-refractivity contribution in [3.8, 4) is 11.5 Å². The number of hydrogen-bond acceptors (Lipinski definition) is 8. The van der Waals surface area contributed by atoms with Crippen molar-refractivity contribution in [2.24, 2.45) is 0 Å². The number of thioether (sulfide) groups is 1. The minimum absolute atomic E-state index is 0.0208. The molecule has 0 fully saturated rings. The SMILES string of the molecule is C=CCn1c(SCC(=O)Nc2cc(Cl)ccc2OC)nnc1[C@@H](CO)NC(=O)c1ccc(OC)cc1. The Morgan fingerprint density at radius 1 is 1.19 bits per heavy atom. The summed E-state index contributed by atoms with van der Waals surface area (Å²) >= 11 is 7.17. The molecule has 190 valence electrons. The van der Waals surface area contributed by atoms with E-state index in [4.69, 9.17) is 21.1 Å². The van der Waals surface area contributed by atoms with Gasteiger partial charge in [-0.15, -0.1) is 16.8 Å². The van der Waals surface area contributed by atoms with Crippen LogP contribution in [-0.4, -0.2) is 58.3 Å². The molecule has 10 nitrogen and oxygen atoms in total. The van der Waals surface area contributed by atoms with Gasteiger partial charge in [-0.2, -0.15) is 0 Å². The average molecular weight is 532 g/mol. The van der Waals surface area contributed by atoms with E-state index in [2.05, 4.69) is 27.4 Å². The van der Waals surface area contributed by atoms with Crippen LogP contribution in [0.4, 0.5) is 5.69 Å². The smallest absolute Gasteiger partial charge is 0.251 e. The first kappa shape index (κ1) is 27.1. The van der Waals surface area contributed by atoms with Crippen molar-refractivity contribution in [3.63, 3.8) is 0 Å². The van der Waals surface area contributed by atoms with Crippen LogP contribution < -0.4 is 20.1 Å². The van der Waals surface area contributed by atoms with Gasteiger partial charge < -0.3 is 29.8 Å². The standard InChI is InChI=1S/C24H26ClN5O5S/c1-4-11-30-22(19(13-31)27-23(33)15-5-8-17(34-2)9-6-15)28-29-24(30)36-14-21(32)26-18-12-16(25)7-10-20(18)35-3/h4-10,12,19,31H,1,11,13-14H2,2-3H3,(H,26,32)(H,27,33)/t19-/m1/s1. The molecule has 36 heavy (non-hydrogen) atoms. The van der Waals surface area contributed by atoms with Crippen LogP contribution in [0.2, 0.25) is 5.02 Å². The zero-order valence-electron chi connectivity index (χ0n) is 19.7. The van der Waals surface area contributed by atoms with Crippen LogP contribution in [0.25, 0.3) is 0 Å². The molecule has 0 aliphatic carbocycles. The van der Waals surface area contributed by atoms with Crippen molar-refractivity contribution >= 4 is 40.9 Å². The number of nitrogens with one attached hydrogen (secondary N) is 2. The van der Waals surface area contributed by atoms with Crippen LogP contribution >= 0.6 is 23.4 Å². The third kappa shape index (κ3) is 6.78. The van der Waals surface area contributed by atoms with E-state index in [9.17, 15) is 14.7 Å². The molecular weight excluding hydrogens is 506 g/mol. The molecular formula is C24H26ClN5O5S. The van der Waals surface area contributed by atoms with Gasteiger partial charge in [-0.1, -0.05) is 29.4 Å². The number of rotatable bonds is 12. The largest absolute Gasteiger partial charge is 0.497 e. The second-order valence-electron chi connectivity index (χ2n) is 7.36. The number of amides is 2. The third-order valence-corrected chi connectivity index (χ3v) is 6.18. The normalized spacial score (nSPS) is 11.4. The number of benzene rings is 2. The topological polar surface area (TPSA) is 128 Å². The summed E-state index contributed by atoms with van der Waals surface area (Å²) in [7, 11) is 3.04. The number of halogens is 1. The van der Waals surface area contributed by atoms with E-state index < -0.39 is 18.6 Å². The predicted molar refractivity (Wildman–Crippen MR) is 138 cm³/mol. The molecule has 2 aromatic carbocycles. The van der Waals surface area contributed by atoms with Crippen molar-refractivity contribution in [1.29, 1.82) is 0 Å². The van der Waals surface area contributed by atoms with Crippen LogP contribution in [0, 0.1) is 0 Å². The number of aliphatic hydroxyl groups is 1. The number of aliphatic hydroxyl groups excluding tert-OH is 1. The Balaban J connectivity index is 1.71. The van der Waals surface area contributed by atoms with Gasteiger partial charge in [0, 0.05) is 17.1 Å². The number of carbonyl (C=O) groups excluding carboxylic acids is 2. The molecule has 12 heteroatoms. The van der Waals surface area contributed by atoms with Crippen LogP contribution in [-0.2, 0) is 11.3 Å². The van der Waals surface area contributed by atoms with Gasteiger partial charge in [0.15, 0.2) is 11.0 Å². The molecule has 1 atom stereocenters. The van der Waals surface area contributed by atoms with Gasteiger partial charge in [0.25, 0.3) is 5.91 Å². The van der Waals surface area contributed by atoms with Crippen molar-refractivity contribution in [1.82, 2.24) is 20.1 Å². The molecule has 0 saturated carbocycles. The summed E-state index contributed by atoms with van der Waals surface area (Å²) in [6.45, 7) is 3.66. The van der Waals surface area contributed by atoms with E-state index in [1.54, 1.807) is 53.1 Å². The van der Waals surface area contributed by atoms with Crippen molar-refractivity contribution in [2.75, 3.05) is 31.9 Å². The fourth-order valence-corrected chi connectivity index (χ4v) is 4.16. The van der Waals surface area contributed by atoms with Gasteiger partial charge in [0.1, 0.15) is 17.5 Å². The van der Waals surface area contributed by atoms with Gasteiger partial charge in [0.2, 0.25) is 5.91 Å². The number of nitrogens with zero attached hydrogens (tertiary/aromatic N) is 3. The summed E-state index contributed by atoms with van der Waals surface area (Å²) in [5.41, 5.74) is 0.845. The number of allylic oxidation sites excluding steroid dienone is 1. The molecule has 0 aliphatic heterocycles. The summed E-state index contributed by atoms with van der Waals surface area (Å²) in [4.78, 5) is 25.3. The number of methoxy groups -OCH3 is 2. The molecule has 3 rings (SSSR count). The first-order chi connectivity index (χ1) is 17.4. The number of aromatic nitrogens is 3. The number of carbonyl (C=O) groups is 2. The molecule has 1 aromatic heterocycles. The first-order valence-corrected chi connectivity index (χ1v) is 12.1. The van der Waals surface area contributed by atoms with E-state index in [1.807, 2.05) is 0 Å². The monoisotopic (exact) mass is 531 g/mol. The van der Waals surface area contributed by atoms with E-state index >= 15 is 0 Å². The van der Waals surface area contributed by atoms with Gasteiger partial charge in [-0.05, 0) is 42.5 Å². The Hall–Kier alpha value is -3.54. The lowest BCUT2D eigenvalue weighted by atomic mass is 10.2. The average Bonchev–Trinajstić information content (AvgIpc) is 3.28. The number of hydrogen-bond donors (Lipinski definition) is 3. The molecule has 0 bridgehead atoms. The second kappa shape index (κ2) is 13.0. The van der Waals surface area contributed by atoms with E-state index in [1.165, 1.54) is 14.2 Å². The summed E-state index contributed by atoms with van der Waals surface area (Å²) in [5.74, 6) is 0.755. The predicted octanol–water partition coefficient (Wildman–Crippen LogP) is 3.33. The minimum Gasteiger partial charge on any atom is -0.497 e. The number of ether oxygens (including phenoxy) is 2. The minimum atomic E-state index is -0.828. The highest BCUT2D eigenvalue weighted by Crippen LogP contribution is 2.28.